The Balaban J connectivity index is 1.42. The van der Waals surface area contributed by atoms with Gasteiger partial charge in [0.2, 0.25) is 0 Å². The van der Waals surface area contributed by atoms with Crippen LogP contribution in [-0.2, 0) is 6.54 Å². The summed E-state index contributed by atoms with van der Waals surface area (Å²) in [5, 5.41) is 15.3. The topological polar surface area (TPSA) is 70.6 Å². The second-order valence-corrected chi connectivity index (χ2v) is 6.33. The minimum atomic E-state index is -0.417. The molecule has 2 aliphatic rings. The summed E-state index contributed by atoms with van der Waals surface area (Å²) in [6.07, 6.45) is 4.23. The van der Waals surface area contributed by atoms with Crippen LogP contribution in [0.5, 0.6) is 5.75 Å². The van der Waals surface area contributed by atoms with E-state index in [1.165, 1.54) is 12.8 Å². The average Bonchev–Trinajstić information content (AvgIpc) is 3.40. The van der Waals surface area contributed by atoms with Gasteiger partial charge in [-0.25, -0.2) is 4.79 Å². The van der Waals surface area contributed by atoms with E-state index in [2.05, 4.69) is 10.6 Å². The molecule has 2 saturated carbocycles. The van der Waals surface area contributed by atoms with E-state index in [0.29, 0.717) is 24.9 Å². The van der Waals surface area contributed by atoms with Gasteiger partial charge >= 0.3 is 6.03 Å². The number of hydrogen-bond donors (Lipinski definition) is 3. The lowest BCUT2D eigenvalue weighted by atomic mass is 10.2. The van der Waals surface area contributed by atoms with E-state index in [1.807, 2.05) is 24.3 Å². The van der Waals surface area contributed by atoms with Crippen molar-refractivity contribution in [3.8, 4) is 5.75 Å². The highest BCUT2D eigenvalue weighted by Crippen LogP contribution is 2.32. The Morgan fingerprint density at radius 3 is 2.73 bits per heavy atom. The minimum Gasteiger partial charge on any atom is -0.493 e. The van der Waals surface area contributed by atoms with Gasteiger partial charge in [-0.15, -0.1) is 0 Å². The number of benzene rings is 1. The first-order valence-corrected chi connectivity index (χ1v) is 8.13. The Morgan fingerprint density at radius 1 is 1.23 bits per heavy atom. The zero-order valence-corrected chi connectivity index (χ0v) is 12.8. The van der Waals surface area contributed by atoms with Crippen LogP contribution in [-0.4, -0.2) is 30.4 Å². The molecule has 2 amide bonds. The summed E-state index contributed by atoms with van der Waals surface area (Å²) >= 11 is 0. The zero-order valence-electron chi connectivity index (χ0n) is 12.8. The molecule has 1 atom stereocenters. The molecule has 0 bridgehead atoms. The van der Waals surface area contributed by atoms with Gasteiger partial charge in [0, 0.05) is 18.7 Å². The Bertz CT molecular complexity index is 512. The first-order chi connectivity index (χ1) is 10.7. The Labute approximate surface area is 131 Å². The molecule has 120 valence electrons. The number of para-hydroxylation sites is 1. The van der Waals surface area contributed by atoms with E-state index in [-0.39, 0.29) is 6.03 Å². The monoisotopic (exact) mass is 304 g/mol. The van der Waals surface area contributed by atoms with Crippen molar-refractivity contribution in [2.24, 2.45) is 11.8 Å². The molecule has 0 spiro atoms. The van der Waals surface area contributed by atoms with Gasteiger partial charge in [-0.2, -0.15) is 0 Å². The van der Waals surface area contributed by atoms with E-state index in [1.54, 1.807) is 0 Å². The van der Waals surface area contributed by atoms with Gasteiger partial charge in [-0.05, 0) is 43.6 Å². The number of aliphatic hydroxyl groups is 1. The Hall–Kier alpha value is -1.75. The SMILES string of the molecule is O=C(NCc1ccccc1OCC1CC1)NC[C@H](O)C1CC1. The lowest BCUT2D eigenvalue weighted by Crippen LogP contribution is -2.40. The number of amides is 2. The van der Waals surface area contributed by atoms with Gasteiger partial charge in [0.05, 0.1) is 12.7 Å². The van der Waals surface area contributed by atoms with Crippen molar-refractivity contribution in [3.05, 3.63) is 29.8 Å². The van der Waals surface area contributed by atoms with Crippen LogP contribution in [0.15, 0.2) is 24.3 Å². The van der Waals surface area contributed by atoms with Crippen LogP contribution in [0.25, 0.3) is 0 Å². The second-order valence-electron chi connectivity index (χ2n) is 6.33. The highest BCUT2D eigenvalue weighted by atomic mass is 16.5. The number of carbonyl (C=O) groups excluding carboxylic acids is 1. The van der Waals surface area contributed by atoms with Crippen LogP contribution in [0.3, 0.4) is 0 Å². The lowest BCUT2D eigenvalue weighted by Gasteiger charge is -2.14. The van der Waals surface area contributed by atoms with E-state index in [4.69, 9.17) is 4.74 Å². The maximum absolute atomic E-state index is 11.8. The van der Waals surface area contributed by atoms with Crippen molar-refractivity contribution >= 4 is 6.03 Å². The zero-order chi connectivity index (χ0) is 15.4. The quantitative estimate of drug-likeness (QED) is 0.688. The molecule has 5 nitrogen and oxygen atoms in total. The van der Waals surface area contributed by atoms with E-state index >= 15 is 0 Å². The molecule has 2 fully saturated rings. The number of aliphatic hydroxyl groups excluding tert-OH is 1. The first-order valence-electron chi connectivity index (χ1n) is 8.13. The van der Waals surface area contributed by atoms with Crippen molar-refractivity contribution in [2.45, 2.75) is 38.3 Å². The third-order valence-electron chi connectivity index (χ3n) is 4.22. The first kappa shape index (κ1) is 15.2. The molecule has 0 heterocycles. The molecule has 22 heavy (non-hydrogen) atoms. The smallest absolute Gasteiger partial charge is 0.315 e. The molecule has 5 heteroatoms. The van der Waals surface area contributed by atoms with Crippen LogP contribution in [0.4, 0.5) is 4.79 Å². The maximum atomic E-state index is 11.8. The second kappa shape index (κ2) is 7.01. The molecule has 0 aliphatic heterocycles. The highest BCUT2D eigenvalue weighted by Gasteiger charge is 2.29. The summed E-state index contributed by atoms with van der Waals surface area (Å²) in [5.74, 6) is 1.91. The van der Waals surface area contributed by atoms with Crippen molar-refractivity contribution in [3.63, 3.8) is 0 Å². The van der Waals surface area contributed by atoms with Gasteiger partial charge in [0.15, 0.2) is 0 Å². The highest BCUT2D eigenvalue weighted by molar-refractivity contribution is 5.73. The molecule has 3 rings (SSSR count). The number of ether oxygens (including phenoxy) is 1. The average molecular weight is 304 g/mol. The molecule has 1 aromatic carbocycles. The molecule has 0 unspecified atom stereocenters. The summed E-state index contributed by atoms with van der Waals surface area (Å²) in [6.45, 7) is 1.50. The van der Waals surface area contributed by atoms with Gasteiger partial charge in [0.25, 0.3) is 0 Å². The molecule has 0 aromatic heterocycles. The number of hydrogen-bond acceptors (Lipinski definition) is 3. The van der Waals surface area contributed by atoms with Crippen LogP contribution < -0.4 is 15.4 Å². The van der Waals surface area contributed by atoms with Crippen LogP contribution in [0.2, 0.25) is 0 Å². The molecule has 2 aliphatic carbocycles. The lowest BCUT2D eigenvalue weighted by molar-refractivity contribution is 0.149. The van der Waals surface area contributed by atoms with Crippen molar-refractivity contribution in [1.82, 2.24) is 10.6 Å². The third-order valence-corrected chi connectivity index (χ3v) is 4.22. The summed E-state index contributed by atoms with van der Waals surface area (Å²) in [4.78, 5) is 11.8. The largest absolute Gasteiger partial charge is 0.493 e. The van der Waals surface area contributed by atoms with E-state index in [9.17, 15) is 9.90 Å². The van der Waals surface area contributed by atoms with Crippen molar-refractivity contribution in [2.75, 3.05) is 13.2 Å². The summed E-state index contributed by atoms with van der Waals surface area (Å²) in [7, 11) is 0. The number of carbonyl (C=O) groups is 1. The number of nitrogens with one attached hydrogen (secondary N) is 2. The third kappa shape index (κ3) is 4.63. The molecule has 0 saturated heterocycles. The molecule has 1 aromatic rings. The van der Waals surface area contributed by atoms with E-state index in [0.717, 1.165) is 30.8 Å². The molecule has 3 N–H and O–H groups in total. The summed E-state index contributed by atoms with van der Waals surface area (Å²) in [5.41, 5.74) is 0.973. The van der Waals surface area contributed by atoms with E-state index < -0.39 is 6.10 Å². The standard InChI is InChI=1S/C17H24N2O3/c20-15(13-7-8-13)10-19-17(21)18-9-14-3-1-2-4-16(14)22-11-12-5-6-12/h1-4,12-13,15,20H,5-11H2,(H2,18,19,21)/t15-/m0/s1. The minimum absolute atomic E-state index is 0.253. The fourth-order valence-electron chi connectivity index (χ4n) is 2.37. The van der Waals surface area contributed by atoms with Gasteiger partial charge < -0.3 is 20.5 Å². The maximum Gasteiger partial charge on any atom is 0.315 e. The van der Waals surface area contributed by atoms with Crippen LogP contribution in [0.1, 0.15) is 31.2 Å². The van der Waals surface area contributed by atoms with Gasteiger partial charge in [-0.1, -0.05) is 18.2 Å². The van der Waals surface area contributed by atoms with Crippen LogP contribution in [0, 0.1) is 11.8 Å². The predicted molar refractivity (Wildman–Crippen MR) is 83.6 cm³/mol. The number of urea groups is 1. The van der Waals surface area contributed by atoms with Crippen molar-refractivity contribution < 1.29 is 14.6 Å². The van der Waals surface area contributed by atoms with Gasteiger partial charge in [0.1, 0.15) is 5.75 Å². The number of rotatable bonds is 8. The fraction of sp³-hybridized carbons (Fsp3) is 0.588. The van der Waals surface area contributed by atoms with Gasteiger partial charge in [-0.3, -0.25) is 0 Å². The normalized spacial score (nSPS) is 18.6. The summed E-state index contributed by atoms with van der Waals surface area (Å²) < 4.78 is 5.82. The Kier molecular flexibility index (Phi) is 4.83. The molecular formula is C17H24N2O3. The molecular weight excluding hydrogens is 280 g/mol. The molecule has 0 radical (unpaired) electrons. The van der Waals surface area contributed by atoms with Crippen molar-refractivity contribution in [1.29, 1.82) is 0 Å². The van der Waals surface area contributed by atoms with Crippen LogP contribution >= 0.6 is 0 Å². The Morgan fingerprint density at radius 2 is 2.00 bits per heavy atom. The fourth-order valence-corrected chi connectivity index (χ4v) is 2.37. The predicted octanol–water partition coefficient (Wildman–Crippen LogP) is 2.05. The summed E-state index contributed by atoms with van der Waals surface area (Å²) in [6, 6.07) is 7.53.